The van der Waals surface area contributed by atoms with Gasteiger partial charge in [-0.05, 0) is 47.0 Å². The molecule has 5 aromatic rings. The summed E-state index contributed by atoms with van der Waals surface area (Å²) in [5.74, 6) is -0.555. The summed E-state index contributed by atoms with van der Waals surface area (Å²) in [7, 11) is 1.76. The van der Waals surface area contributed by atoms with Crippen LogP contribution in [0.2, 0.25) is 0 Å². The van der Waals surface area contributed by atoms with Crippen LogP contribution in [0.25, 0.3) is 32.9 Å². The smallest absolute Gasteiger partial charge is 0.269 e. The van der Waals surface area contributed by atoms with Crippen molar-refractivity contribution in [1.82, 2.24) is 25.0 Å². The summed E-state index contributed by atoms with van der Waals surface area (Å²) < 4.78 is 1.59. The lowest BCUT2D eigenvalue weighted by Crippen LogP contribution is -2.14. The fraction of sp³-hybridized carbons (Fsp3) is 0.0909. The number of aryl methyl sites for hydroxylation is 1. The summed E-state index contributed by atoms with van der Waals surface area (Å²) in [5.41, 5.74) is 11.8. The number of aromatic nitrogens is 5. The van der Waals surface area contributed by atoms with Crippen molar-refractivity contribution in [2.75, 3.05) is 0 Å². The van der Waals surface area contributed by atoms with Gasteiger partial charge in [0, 0.05) is 47.7 Å². The fourth-order valence-corrected chi connectivity index (χ4v) is 3.98. The molecule has 0 radical (unpaired) electrons. The van der Waals surface area contributed by atoms with Gasteiger partial charge in [0.25, 0.3) is 5.91 Å². The molecule has 3 heterocycles. The summed E-state index contributed by atoms with van der Waals surface area (Å²) in [4.78, 5) is 15.0. The van der Waals surface area contributed by atoms with Gasteiger partial charge < -0.3 is 10.7 Å². The Bertz CT molecular complexity index is 1480. The predicted octanol–water partition coefficient (Wildman–Crippen LogP) is 3.01. The lowest BCUT2D eigenvalue weighted by atomic mass is 9.94. The monoisotopic (exact) mass is 395 g/mol. The van der Waals surface area contributed by atoms with Crippen LogP contribution in [0.1, 0.15) is 27.2 Å². The number of nitriles is 1. The maximum atomic E-state index is 11.8. The average Bonchev–Trinajstić information content (AvgIpc) is 3.46. The number of amides is 1. The molecule has 5 rings (SSSR count). The Hall–Kier alpha value is -4.38. The topological polar surface area (TPSA) is 129 Å². The minimum atomic E-state index is -0.555. The Kier molecular flexibility index (Phi) is 3.89. The van der Waals surface area contributed by atoms with Gasteiger partial charge >= 0.3 is 0 Å². The molecule has 0 bridgehead atoms. The van der Waals surface area contributed by atoms with Crippen LogP contribution in [0, 0.1) is 11.3 Å². The molecular weight excluding hydrogens is 378 g/mol. The zero-order valence-electron chi connectivity index (χ0n) is 16.1. The minimum Gasteiger partial charge on any atom is -0.364 e. The van der Waals surface area contributed by atoms with Crippen molar-refractivity contribution in [3.05, 3.63) is 71.3 Å². The van der Waals surface area contributed by atoms with Crippen LogP contribution in [0.15, 0.2) is 48.9 Å². The minimum absolute atomic E-state index is 0.263. The summed E-state index contributed by atoms with van der Waals surface area (Å²) >= 11 is 0. The molecule has 30 heavy (non-hydrogen) atoms. The second-order valence-corrected chi connectivity index (χ2v) is 7.26. The maximum absolute atomic E-state index is 11.8. The first-order valence-electron chi connectivity index (χ1n) is 9.33. The van der Waals surface area contributed by atoms with E-state index in [1.165, 1.54) is 0 Å². The highest BCUT2D eigenvalue weighted by Crippen LogP contribution is 2.34. The number of benzene rings is 2. The first-order chi connectivity index (χ1) is 14.5. The van der Waals surface area contributed by atoms with E-state index in [0.717, 1.165) is 44.1 Å². The van der Waals surface area contributed by atoms with Crippen molar-refractivity contribution in [3.8, 4) is 17.2 Å². The van der Waals surface area contributed by atoms with Gasteiger partial charge in [-0.1, -0.05) is 0 Å². The molecule has 1 amide bonds. The number of aromatic amines is 2. The Balaban J connectivity index is 1.71. The molecule has 0 spiro atoms. The number of hydrogen-bond donors (Lipinski definition) is 3. The van der Waals surface area contributed by atoms with Gasteiger partial charge in [0.2, 0.25) is 0 Å². The lowest BCUT2D eigenvalue weighted by molar-refractivity contribution is 0.0994. The summed E-state index contributed by atoms with van der Waals surface area (Å²) in [5, 5.41) is 22.8. The number of carbonyl (C=O) groups excluding carboxylic acids is 1. The summed E-state index contributed by atoms with van der Waals surface area (Å²) in [6.07, 6.45) is 5.91. The zero-order valence-corrected chi connectivity index (χ0v) is 16.1. The third-order valence-electron chi connectivity index (χ3n) is 5.27. The second-order valence-electron chi connectivity index (χ2n) is 7.26. The van der Waals surface area contributed by atoms with Gasteiger partial charge in [0.05, 0.1) is 23.3 Å². The highest BCUT2D eigenvalue weighted by molar-refractivity contribution is 5.99. The van der Waals surface area contributed by atoms with Crippen molar-refractivity contribution >= 4 is 27.7 Å². The van der Waals surface area contributed by atoms with E-state index in [9.17, 15) is 10.1 Å². The predicted molar refractivity (Wildman–Crippen MR) is 113 cm³/mol. The van der Waals surface area contributed by atoms with Crippen LogP contribution in [-0.2, 0) is 13.5 Å². The Labute approximate surface area is 170 Å². The van der Waals surface area contributed by atoms with E-state index in [1.54, 1.807) is 24.1 Å². The van der Waals surface area contributed by atoms with Crippen LogP contribution in [0.5, 0.6) is 0 Å². The largest absolute Gasteiger partial charge is 0.364 e. The Morgan fingerprint density at radius 1 is 1.20 bits per heavy atom. The normalized spacial score (nSPS) is 11.2. The zero-order chi connectivity index (χ0) is 20.8. The van der Waals surface area contributed by atoms with Gasteiger partial charge in [-0.15, -0.1) is 0 Å². The second kappa shape index (κ2) is 6.60. The van der Waals surface area contributed by atoms with Crippen LogP contribution in [0.3, 0.4) is 0 Å². The highest BCUT2D eigenvalue weighted by Gasteiger charge is 2.17. The molecule has 2 aromatic carbocycles. The number of fused-ring (bicyclic) bond motifs is 2. The lowest BCUT2D eigenvalue weighted by Gasteiger charge is -2.10. The molecule has 3 aromatic heterocycles. The third kappa shape index (κ3) is 2.81. The van der Waals surface area contributed by atoms with E-state index in [-0.39, 0.29) is 5.69 Å². The molecule has 146 valence electrons. The number of carbonyl (C=O) groups is 1. The molecule has 0 saturated carbocycles. The molecule has 4 N–H and O–H groups in total. The van der Waals surface area contributed by atoms with Crippen molar-refractivity contribution < 1.29 is 4.79 Å². The fourth-order valence-electron chi connectivity index (χ4n) is 3.98. The number of hydrogen-bond acceptors (Lipinski definition) is 4. The van der Waals surface area contributed by atoms with E-state index in [0.29, 0.717) is 12.0 Å². The van der Waals surface area contributed by atoms with Gasteiger partial charge in [0.15, 0.2) is 5.69 Å². The number of rotatable bonds is 4. The van der Waals surface area contributed by atoms with Gasteiger partial charge in [0.1, 0.15) is 0 Å². The first-order valence-corrected chi connectivity index (χ1v) is 9.33. The number of nitrogens with two attached hydrogens (primary N) is 1. The van der Waals surface area contributed by atoms with Gasteiger partial charge in [-0.3, -0.25) is 14.6 Å². The standard InChI is InChI=1S/C22H17N7O/c1-29-11-15(21(28-29)22(24)30)7-13-6-14(8-20-18(13)10-26-27-20)17-4-12(9-23)5-19-16(17)2-3-25-19/h2-6,8,10-11,25H,7H2,1H3,(H2,24,30)(H,26,27). The van der Waals surface area contributed by atoms with E-state index < -0.39 is 5.91 Å². The number of H-pyrrole nitrogens is 2. The van der Waals surface area contributed by atoms with Gasteiger partial charge in [-0.2, -0.15) is 15.5 Å². The average molecular weight is 395 g/mol. The molecule has 0 atom stereocenters. The van der Waals surface area contributed by atoms with E-state index in [1.807, 2.05) is 30.5 Å². The molecule has 0 aliphatic rings. The van der Waals surface area contributed by atoms with Crippen molar-refractivity contribution in [2.24, 2.45) is 12.8 Å². The van der Waals surface area contributed by atoms with Crippen LogP contribution < -0.4 is 5.73 Å². The summed E-state index contributed by atoms with van der Waals surface area (Å²) in [6.45, 7) is 0. The first kappa shape index (κ1) is 17.7. The maximum Gasteiger partial charge on any atom is 0.269 e. The van der Waals surface area contributed by atoms with Crippen LogP contribution in [0.4, 0.5) is 0 Å². The molecule has 0 unspecified atom stereocenters. The van der Waals surface area contributed by atoms with Crippen molar-refractivity contribution in [2.45, 2.75) is 6.42 Å². The van der Waals surface area contributed by atoms with Gasteiger partial charge in [-0.25, -0.2) is 0 Å². The quantitative estimate of drug-likeness (QED) is 0.432. The van der Waals surface area contributed by atoms with E-state index >= 15 is 0 Å². The molecule has 8 heteroatoms. The van der Waals surface area contributed by atoms with Crippen LogP contribution in [-0.4, -0.2) is 30.9 Å². The molecule has 0 aliphatic carbocycles. The molecule has 0 fully saturated rings. The summed E-state index contributed by atoms with van der Waals surface area (Å²) in [6, 6.07) is 12.0. The van der Waals surface area contributed by atoms with E-state index in [2.05, 4.69) is 32.4 Å². The van der Waals surface area contributed by atoms with Crippen LogP contribution >= 0.6 is 0 Å². The molecule has 8 nitrogen and oxygen atoms in total. The Morgan fingerprint density at radius 2 is 2.07 bits per heavy atom. The third-order valence-corrected chi connectivity index (χ3v) is 5.27. The SMILES string of the molecule is Cn1cc(Cc2cc(-c3cc(C#N)cc4[nH]ccc34)cc3[nH]ncc23)c(C(N)=O)n1. The number of nitrogens with one attached hydrogen (secondary N) is 2. The van der Waals surface area contributed by atoms with Crippen molar-refractivity contribution in [1.29, 1.82) is 5.26 Å². The number of primary amides is 1. The van der Waals surface area contributed by atoms with E-state index in [4.69, 9.17) is 5.73 Å². The highest BCUT2D eigenvalue weighted by atomic mass is 16.1. The van der Waals surface area contributed by atoms with Crippen molar-refractivity contribution in [3.63, 3.8) is 0 Å². The number of nitrogens with zero attached hydrogens (tertiary/aromatic N) is 4. The molecular formula is C22H17N7O. The Morgan fingerprint density at radius 3 is 2.87 bits per heavy atom. The molecule has 0 aliphatic heterocycles. The molecule has 0 saturated heterocycles.